The van der Waals surface area contributed by atoms with E-state index in [-0.39, 0.29) is 0 Å². The highest BCUT2D eigenvalue weighted by atomic mass is 32.1. The Balaban J connectivity index is 2.29. The van der Waals surface area contributed by atoms with Gasteiger partial charge in [0.05, 0.1) is 0 Å². The first-order valence-electron chi connectivity index (χ1n) is 5.60. The molecule has 0 saturated carbocycles. The third-order valence-electron chi connectivity index (χ3n) is 2.76. The van der Waals surface area contributed by atoms with Crippen molar-refractivity contribution >= 4 is 22.5 Å². The van der Waals surface area contributed by atoms with Crippen molar-refractivity contribution in [1.82, 2.24) is 0 Å². The van der Waals surface area contributed by atoms with Crippen molar-refractivity contribution in [3.63, 3.8) is 0 Å². The zero-order chi connectivity index (χ0) is 12.4. The van der Waals surface area contributed by atoms with Crippen molar-refractivity contribution in [2.75, 3.05) is 0 Å². The maximum Gasteiger partial charge on any atom is 0.0345 e. The van der Waals surface area contributed by atoms with Gasteiger partial charge < -0.3 is 0 Å². The second-order valence-electron chi connectivity index (χ2n) is 4.25. The lowest BCUT2D eigenvalue weighted by Gasteiger charge is -2.05. The van der Waals surface area contributed by atoms with Crippen LogP contribution in [0, 0.1) is 6.92 Å². The van der Waals surface area contributed by atoms with Crippen molar-refractivity contribution in [3.8, 4) is 0 Å². The van der Waals surface area contributed by atoms with Gasteiger partial charge in [-0.3, -0.25) is 0 Å². The molecule has 0 amide bonds. The van der Waals surface area contributed by atoms with Crippen LogP contribution >= 0.6 is 11.3 Å². The normalized spacial score (nSPS) is 10.2. The standard InChI is InChI=1S/C16H16S/c1-11(2)14-6-8-15(9-7-14)13(4)16-10-5-12(3)17-16/h5-10H,1,4H2,2-3H3. The summed E-state index contributed by atoms with van der Waals surface area (Å²) in [6.45, 7) is 12.2. The van der Waals surface area contributed by atoms with Crippen LogP contribution in [0.25, 0.3) is 11.1 Å². The second-order valence-corrected chi connectivity index (χ2v) is 5.53. The molecule has 0 unspecified atom stereocenters. The second kappa shape index (κ2) is 4.72. The molecule has 2 rings (SSSR count). The predicted octanol–water partition coefficient (Wildman–Crippen LogP) is 5.15. The molecule has 0 bridgehead atoms. The van der Waals surface area contributed by atoms with Gasteiger partial charge in [0.1, 0.15) is 0 Å². The van der Waals surface area contributed by atoms with Crippen LogP contribution in [0.4, 0.5) is 0 Å². The molecule has 0 aliphatic carbocycles. The van der Waals surface area contributed by atoms with E-state index in [0.717, 1.165) is 11.1 Å². The molecule has 17 heavy (non-hydrogen) atoms. The Kier molecular flexibility index (Phi) is 3.30. The molecule has 0 aliphatic rings. The van der Waals surface area contributed by atoms with E-state index in [1.165, 1.54) is 20.9 Å². The number of aryl methyl sites for hydroxylation is 1. The van der Waals surface area contributed by atoms with Crippen LogP contribution in [-0.2, 0) is 0 Å². The minimum atomic E-state index is 1.09. The molecule has 0 spiro atoms. The minimum Gasteiger partial charge on any atom is -0.141 e. The summed E-state index contributed by atoms with van der Waals surface area (Å²) >= 11 is 1.78. The predicted molar refractivity (Wildman–Crippen MR) is 78.3 cm³/mol. The molecule has 0 radical (unpaired) electrons. The van der Waals surface area contributed by atoms with Crippen molar-refractivity contribution < 1.29 is 0 Å². The van der Waals surface area contributed by atoms with Gasteiger partial charge in [0.25, 0.3) is 0 Å². The summed E-state index contributed by atoms with van der Waals surface area (Å²) in [5, 5.41) is 0. The summed E-state index contributed by atoms with van der Waals surface area (Å²) in [6.07, 6.45) is 0. The zero-order valence-electron chi connectivity index (χ0n) is 10.3. The fraction of sp³-hybridized carbons (Fsp3) is 0.125. The smallest absolute Gasteiger partial charge is 0.0345 e. The number of hydrogen-bond acceptors (Lipinski definition) is 1. The highest BCUT2D eigenvalue weighted by Crippen LogP contribution is 2.28. The van der Waals surface area contributed by atoms with Gasteiger partial charge in [-0.1, -0.05) is 43.0 Å². The van der Waals surface area contributed by atoms with E-state index in [9.17, 15) is 0 Å². The van der Waals surface area contributed by atoms with Crippen LogP contribution in [0.15, 0.2) is 49.6 Å². The lowest BCUT2D eigenvalue weighted by molar-refractivity contribution is 1.54. The van der Waals surface area contributed by atoms with Crippen LogP contribution in [0.3, 0.4) is 0 Å². The van der Waals surface area contributed by atoms with E-state index in [4.69, 9.17) is 0 Å². The molecule has 0 nitrogen and oxygen atoms in total. The van der Waals surface area contributed by atoms with Gasteiger partial charge in [-0.15, -0.1) is 11.3 Å². The van der Waals surface area contributed by atoms with Gasteiger partial charge >= 0.3 is 0 Å². The number of benzene rings is 1. The molecule has 1 heteroatoms. The third kappa shape index (κ3) is 2.56. The number of allylic oxidation sites excluding steroid dienone is 1. The van der Waals surface area contributed by atoms with Crippen molar-refractivity contribution in [2.45, 2.75) is 13.8 Å². The maximum atomic E-state index is 4.17. The maximum absolute atomic E-state index is 4.17. The molecule has 0 fully saturated rings. The summed E-state index contributed by atoms with van der Waals surface area (Å²) in [5.41, 5.74) is 4.55. The van der Waals surface area contributed by atoms with Gasteiger partial charge in [-0.25, -0.2) is 0 Å². The van der Waals surface area contributed by atoms with Crippen LogP contribution in [0.2, 0.25) is 0 Å². The quantitative estimate of drug-likeness (QED) is 0.696. The fourth-order valence-corrected chi connectivity index (χ4v) is 2.56. The Bertz CT molecular complexity index is 555. The average molecular weight is 240 g/mol. The Labute approximate surface area is 107 Å². The molecular weight excluding hydrogens is 224 g/mol. The van der Waals surface area contributed by atoms with Gasteiger partial charge in [0.2, 0.25) is 0 Å². The Morgan fingerprint density at radius 1 is 0.941 bits per heavy atom. The van der Waals surface area contributed by atoms with Crippen LogP contribution in [0.5, 0.6) is 0 Å². The highest BCUT2D eigenvalue weighted by Gasteiger charge is 2.04. The monoisotopic (exact) mass is 240 g/mol. The number of rotatable bonds is 3. The van der Waals surface area contributed by atoms with E-state index in [1.54, 1.807) is 11.3 Å². The molecule has 1 aromatic carbocycles. The Morgan fingerprint density at radius 2 is 1.53 bits per heavy atom. The molecule has 0 atom stereocenters. The van der Waals surface area contributed by atoms with Gasteiger partial charge in [0, 0.05) is 9.75 Å². The first-order chi connectivity index (χ1) is 8.08. The summed E-state index contributed by atoms with van der Waals surface area (Å²) in [7, 11) is 0. The summed E-state index contributed by atoms with van der Waals surface area (Å²) < 4.78 is 0. The summed E-state index contributed by atoms with van der Waals surface area (Å²) in [5.74, 6) is 0. The lowest BCUT2D eigenvalue weighted by Crippen LogP contribution is -1.84. The molecule has 0 aliphatic heterocycles. The van der Waals surface area contributed by atoms with E-state index in [2.05, 4.69) is 56.5 Å². The lowest BCUT2D eigenvalue weighted by atomic mass is 10.0. The van der Waals surface area contributed by atoms with Crippen LogP contribution < -0.4 is 0 Å². The van der Waals surface area contributed by atoms with E-state index in [0.29, 0.717) is 0 Å². The van der Waals surface area contributed by atoms with Gasteiger partial charge in [-0.05, 0) is 42.7 Å². The fourth-order valence-electron chi connectivity index (χ4n) is 1.69. The van der Waals surface area contributed by atoms with E-state index >= 15 is 0 Å². The molecular formula is C16H16S. The topological polar surface area (TPSA) is 0 Å². The zero-order valence-corrected chi connectivity index (χ0v) is 11.1. The van der Waals surface area contributed by atoms with Gasteiger partial charge in [0.15, 0.2) is 0 Å². The number of thiophene rings is 1. The highest BCUT2D eigenvalue weighted by molar-refractivity contribution is 7.13. The molecule has 1 aromatic heterocycles. The third-order valence-corrected chi connectivity index (χ3v) is 3.82. The molecule has 1 heterocycles. The van der Waals surface area contributed by atoms with Crippen LogP contribution in [-0.4, -0.2) is 0 Å². The van der Waals surface area contributed by atoms with Crippen LogP contribution in [0.1, 0.15) is 27.8 Å². The number of hydrogen-bond donors (Lipinski definition) is 0. The molecule has 0 N–H and O–H groups in total. The average Bonchev–Trinajstić information content (AvgIpc) is 2.75. The van der Waals surface area contributed by atoms with Crippen molar-refractivity contribution in [2.24, 2.45) is 0 Å². The van der Waals surface area contributed by atoms with Gasteiger partial charge in [-0.2, -0.15) is 0 Å². The first kappa shape index (κ1) is 11.9. The SMILES string of the molecule is C=C(C)c1ccc(C(=C)c2ccc(C)s2)cc1. The van der Waals surface area contributed by atoms with E-state index in [1.807, 2.05) is 6.92 Å². The largest absolute Gasteiger partial charge is 0.141 e. The summed E-state index contributed by atoms with van der Waals surface area (Å²) in [4.78, 5) is 2.56. The van der Waals surface area contributed by atoms with E-state index < -0.39 is 0 Å². The molecule has 0 saturated heterocycles. The molecule has 86 valence electrons. The molecule has 2 aromatic rings. The first-order valence-corrected chi connectivity index (χ1v) is 6.41. The summed E-state index contributed by atoms with van der Waals surface area (Å²) in [6, 6.07) is 12.7. The Hall–Kier alpha value is -1.60. The minimum absolute atomic E-state index is 1.09. The van der Waals surface area contributed by atoms with Crippen molar-refractivity contribution in [3.05, 3.63) is 70.4 Å². The van der Waals surface area contributed by atoms with Crippen molar-refractivity contribution in [1.29, 1.82) is 0 Å². The Morgan fingerprint density at radius 3 is 2.00 bits per heavy atom.